The summed E-state index contributed by atoms with van der Waals surface area (Å²) in [6, 6.07) is 7.54. The predicted molar refractivity (Wildman–Crippen MR) is 81.0 cm³/mol. The molecule has 1 aromatic rings. The van der Waals surface area contributed by atoms with Crippen LogP contribution in [-0.4, -0.2) is 12.6 Å². The molecule has 2 atom stereocenters. The molecule has 0 spiro atoms. The second-order valence-electron chi connectivity index (χ2n) is 5.94. The molecule has 0 aliphatic rings. The van der Waals surface area contributed by atoms with Gasteiger partial charge in [0, 0.05) is 12.6 Å². The first-order valence-corrected chi connectivity index (χ1v) is 7.51. The van der Waals surface area contributed by atoms with Gasteiger partial charge in [-0.2, -0.15) is 0 Å². The SMILES string of the molecule is CCCC(C)CC(CNC(C)C)c1cccc(F)c1. The second-order valence-corrected chi connectivity index (χ2v) is 5.94. The van der Waals surface area contributed by atoms with Gasteiger partial charge < -0.3 is 5.32 Å². The summed E-state index contributed by atoms with van der Waals surface area (Å²) in [5, 5.41) is 3.49. The van der Waals surface area contributed by atoms with Gasteiger partial charge in [0.05, 0.1) is 0 Å². The maximum Gasteiger partial charge on any atom is 0.123 e. The average Bonchev–Trinajstić information content (AvgIpc) is 2.34. The van der Waals surface area contributed by atoms with Gasteiger partial charge in [0.2, 0.25) is 0 Å². The summed E-state index contributed by atoms with van der Waals surface area (Å²) >= 11 is 0. The molecule has 1 nitrogen and oxygen atoms in total. The highest BCUT2D eigenvalue weighted by Gasteiger charge is 2.16. The van der Waals surface area contributed by atoms with Gasteiger partial charge in [-0.05, 0) is 36.0 Å². The zero-order chi connectivity index (χ0) is 14.3. The van der Waals surface area contributed by atoms with Crippen molar-refractivity contribution in [3.8, 4) is 0 Å². The van der Waals surface area contributed by atoms with Crippen molar-refractivity contribution < 1.29 is 4.39 Å². The fourth-order valence-corrected chi connectivity index (χ4v) is 2.57. The van der Waals surface area contributed by atoms with E-state index in [4.69, 9.17) is 0 Å². The van der Waals surface area contributed by atoms with Gasteiger partial charge in [-0.25, -0.2) is 4.39 Å². The molecule has 0 aliphatic heterocycles. The van der Waals surface area contributed by atoms with E-state index >= 15 is 0 Å². The fraction of sp³-hybridized carbons (Fsp3) is 0.647. The molecule has 0 radical (unpaired) electrons. The summed E-state index contributed by atoms with van der Waals surface area (Å²) in [7, 11) is 0. The van der Waals surface area contributed by atoms with Gasteiger partial charge in [0.25, 0.3) is 0 Å². The lowest BCUT2D eigenvalue weighted by Gasteiger charge is -2.23. The highest BCUT2D eigenvalue weighted by Crippen LogP contribution is 2.26. The first-order valence-electron chi connectivity index (χ1n) is 7.51. The van der Waals surface area contributed by atoms with Gasteiger partial charge in [0.1, 0.15) is 5.82 Å². The lowest BCUT2D eigenvalue weighted by Crippen LogP contribution is -2.28. The van der Waals surface area contributed by atoms with E-state index < -0.39 is 0 Å². The standard InChI is InChI=1S/C17H28FN/c1-5-7-14(4)10-16(12-19-13(2)3)15-8-6-9-17(18)11-15/h6,8-9,11,13-14,16,19H,5,7,10,12H2,1-4H3. The molecule has 19 heavy (non-hydrogen) atoms. The Bertz CT molecular complexity index is 362. The second kappa shape index (κ2) is 8.31. The van der Waals surface area contributed by atoms with Crippen LogP contribution >= 0.6 is 0 Å². The highest BCUT2D eigenvalue weighted by molar-refractivity contribution is 5.21. The third-order valence-corrected chi connectivity index (χ3v) is 3.56. The van der Waals surface area contributed by atoms with Crippen LogP contribution in [0.25, 0.3) is 0 Å². The first-order chi connectivity index (χ1) is 9.02. The normalized spacial score (nSPS) is 14.6. The number of hydrogen-bond acceptors (Lipinski definition) is 1. The van der Waals surface area contributed by atoms with E-state index in [9.17, 15) is 4.39 Å². The first kappa shape index (κ1) is 16.2. The topological polar surface area (TPSA) is 12.0 Å². The molecule has 0 heterocycles. The molecule has 2 heteroatoms. The van der Waals surface area contributed by atoms with E-state index in [2.05, 4.69) is 39.1 Å². The Morgan fingerprint density at radius 2 is 1.95 bits per heavy atom. The van der Waals surface area contributed by atoms with E-state index in [0.717, 1.165) is 18.5 Å². The van der Waals surface area contributed by atoms with E-state index in [1.54, 1.807) is 6.07 Å². The molecule has 0 saturated carbocycles. The fourth-order valence-electron chi connectivity index (χ4n) is 2.57. The monoisotopic (exact) mass is 265 g/mol. The molecule has 0 aliphatic carbocycles. The quantitative estimate of drug-likeness (QED) is 0.716. The average molecular weight is 265 g/mol. The summed E-state index contributed by atoms with van der Waals surface area (Å²) in [6.45, 7) is 9.75. The Hall–Kier alpha value is -0.890. The highest BCUT2D eigenvalue weighted by atomic mass is 19.1. The number of rotatable bonds is 8. The molecule has 0 bridgehead atoms. The number of hydrogen-bond donors (Lipinski definition) is 1. The Labute approximate surface area is 117 Å². The smallest absolute Gasteiger partial charge is 0.123 e. The lowest BCUT2D eigenvalue weighted by molar-refractivity contribution is 0.409. The van der Waals surface area contributed by atoms with Crippen LogP contribution in [0, 0.1) is 11.7 Å². The molecule has 0 saturated heterocycles. The van der Waals surface area contributed by atoms with Crippen LogP contribution < -0.4 is 5.32 Å². The molecule has 1 N–H and O–H groups in total. The Morgan fingerprint density at radius 1 is 1.21 bits per heavy atom. The summed E-state index contributed by atoms with van der Waals surface area (Å²) in [5.74, 6) is 0.960. The molecule has 0 fully saturated rings. The lowest BCUT2D eigenvalue weighted by atomic mass is 9.87. The maximum atomic E-state index is 13.4. The summed E-state index contributed by atoms with van der Waals surface area (Å²) in [6.07, 6.45) is 3.58. The molecule has 2 unspecified atom stereocenters. The third kappa shape index (κ3) is 6.20. The van der Waals surface area contributed by atoms with Gasteiger partial charge in [0.15, 0.2) is 0 Å². The van der Waals surface area contributed by atoms with Crippen molar-refractivity contribution in [3.05, 3.63) is 35.6 Å². The third-order valence-electron chi connectivity index (χ3n) is 3.56. The van der Waals surface area contributed by atoms with E-state index in [1.807, 2.05) is 6.07 Å². The minimum Gasteiger partial charge on any atom is -0.314 e. The van der Waals surface area contributed by atoms with Gasteiger partial charge in [-0.1, -0.05) is 52.7 Å². The molecule has 0 amide bonds. The van der Waals surface area contributed by atoms with Crippen molar-refractivity contribution in [2.45, 2.75) is 58.9 Å². The molecule has 1 rings (SSSR count). The molecule has 0 aromatic heterocycles. The molecule has 1 aromatic carbocycles. The van der Waals surface area contributed by atoms with Crippen molar-refractivity contribution in [1.29, 1.82) is 0 Å². The Kier molecular flexibility index (Phi) is 7.07. The summed E-state index contributed by atoms with van der Waals surface area (Å²) in [4.78, 5) is 0. The molecule has 108 valence electrons. The molecular weight excluding hydrogens is 237 g/mol. The van der Waals surface area contributed by atoms with Gasteiger partial charge in [-0.3, -0.25) is 0 Å². The zero-order valence-corrected chi connectivity index (χ0v) is 12.7. The number of benzene rings is 1. The zero-order valence-electron chi connectivity index (χ0n) is 12.7. The van der Waals surface area contributed by atoms with Gasteiger partial charge in [-0.15, -0.1) is 0 Å². The van der Waals surface area contributed by atoms with Crippen LogP contribution in [0.2, 0.25) is 0 Å². The van der Waals surface area contributed by atoms with Crippen molar-refractivity contribution in [3.63, 3.8) is 0 Å². The van der Waals surface area contributed by atoms with Crippen LogP contribution in [0.5, 0.6) is 0 Å². The van der Waals surface area contributed by atoms with Crippen molar-refractivity contribution in [2.24, 2.45) is 5.92 Å². The number of nitrogens with one attached hydrogen (secondary N) is 1. The van der Waals surface area contributed by atoms with E-state index in [1.165, 1.54) is 18.9 Å². The number of halogens is 1. The minimum absolute atomic E-state index is 0.129. The predicted octanol–water partition coefficient (Wildman–Crippen LogP) is 4.73. The largest absolute Gasteiger partial charge is 0.314 e. The van der Waals surface area contributed by atoms with Crippen LogP contribution in [-0.2, 0) is 0 Å². The van der Waals surface area contributed by atoms with Crippen molar-refractivity contribution in [2.75, 3.05) is 6.54 Å². The van der Waals surface area contributed by atoms with E-state index in [0.29, 0.717) is 17.9 Å². The minimum atomic E-state index is -0.129. The molecular formula is C17H28FN. The van der Waals surface area contributed by atoms with Crippen LogP contribution in [0.15, 0.2) is 24.3 Å². The van der Waals surface area contributed by atoms with Crippen molar-refractivity contribution >= 4 is 0 Å². The van der Waals surface area contributed by atoms with Crippen LogP contribution in [0.4, 0.5) is 4.39 Å². The Balaban J connectivity index is 2.73. The maximum absolute atomic E-state index is 13.4. The van der Waals surface area contributed by atoms with Gasteiger partial charge >= 0.3 is 0 Å². The van der Waals surface area contributed by atoms with Crippen molar-refractivity contribution in [1.82, 2.24) is 5.32 Å². The van der Waals surface area contributed by atoms with Crippen LogP contribution in [0.3, 0.4) is 0 Å². The van der Waals surface area contributed by atoms with E-state index in [-0.39, 0.29) is 5.82 Å². The summed E-state index contributed by atoms with van der Waals surface area (Å²) < 4.78 is 13.4. The van der Waals surface area contributed by atoms with Crippen LogP contribution in [0.1, 0.15) is 58.4 Å². The summed E-state index contributed by atoms with van der Waals surface area (Å²) in [5.41, 5.74) is 1.12. The Morgan fingerprint density at radius 3 is 2.53 bits per heavy atom.